The van der Waals surface area contributed by atoms with Crippen LogP contribution >= 0.6 is 0 Å². The molecule has 0 unspecified atom stereocenters. The van der Waals surface area contributed by atoms with Crippen molar-refractivity contribution in [3.63, 3.8) is 0 Å². The van der Waals surface area contributed by atoms with Crippen LogP contribution < -0.4 is 5.32 Å². The summed E-state index contributed by atoms with van der Waals surface area (Å²) in [6.07, 6.45) is -5.03. The maximum Gasteiger partial charge on any atom is 0.390 e. The fraction of sp³-hybridized carbons (Fsp3) is 0.400. The molecule has 114 valence electrons. The summed E-state index contributed by atoms with van der Waals surface area (Å²) in [5, 5.41) is 10.9. The highest BCUT2D eigenvalue weighted by Gasteiger charge is 2.26. The van der Waals surface area contributed by atoms with E-state index in [2.05, 4.69) is 17.2 Å². The Bertz CT molecular complexity index is 556. The number of nitrogens with one attached hydrogen (secondary N) is 1. The molecule has 2 N–H and O–H groups in total. The van der Waals surface area contributed by atoms with Gasteiger partial charge in [-0.05, 0) is 24.6 Å². The smallest absolute Gasteiger partial charge is 0.390 e. The van der Waals surface area contributed by atoms with Crippen molar-refractivity contribution in [2.45, 2.75) is 25.9 Å². The maximum atomic E-state index is 12.0. The Labute approximate surface area is 121 Å². The average Bonchev–Trinajstić information content (AvgIpc) is 2.39. The first-order chi connectivity index (χ1) is 9.83. The van der Waals surface area contributed by atoms with Gasteiger partial charge in [-0.1, -0.05) is 17.9 Å². The number of aliphatic hydroxyl groups excluding tert-OH is 1. The minimum atomic E-state index is -4.29. The number of aliphatic hydroxyl groups is 1. The number of alkyl halides is 3. The Hall–Kier alpha value is -2.00. The van der Waals surface area contributed by atoms with Crippen molar-refractivity contribution in [3.05, 3.63) is 34.9 Å². The predicted molar refractivity (Wildman–Crippen MR) is 72.8 cm³/mol. The Morgan fingerprint density at radius 3 is 2.71 bits per heavy atom. The summed E-state index contributed by atoms with van der Waals surface area (Å²) in [6.45, 7) is 1.19. The van der Waals surface area contributed by atoms with Crippen molar-refractivity contribution in [1.82, 2.24) is 5.32 Å². The molecule has 0 saturated heterocycles. The lowest BCUT2D eigenvalue weighted by Gasteiger charge is -2.09. The molecule has 0 atom stereocenters. The third-order valence-electron chi connectivity index (χ3n) is 2.65. The van der Waals surface area contributed by atoms with Gasteiger partial charge in [-0.2, -0.15) is 13.2 Å². The largest absolute Gasteiger partial charge is 0.395 e. The molecule has 0 saturated carbocycles. The van der Waals surface area contributed by atoms with Gasteiger partial charge in [-0.3, -0.25) is 4.79 Å². The van der Waals surface area contributed by atoms with Crippen LogP contribution in [0.2, 0.25) is 0 Å². The number of benzene rings is 1. The van der Waals surface area contributed by atoms with E-state index in [4.69, 9.17) is 5.11 Å². The molecule has 0 spiro atoms. The Morgan fingerprint density at radius 2 is 2.10 bits per heavy atom. The number of carbonyl (C=O) groups excluding carboxylic acids is 1. The summed E-state index contributed by atoms with van der Waals surface area (Å²) in [4.78, 5) is 11.9. The first-order valence-corrected chi connectivity index (χ1v) is 6.39. The van der Waals surface area contributed by atoms with E-state index in [0.717, 1.165) is 0 Å². The van der Waals surface area contributed by atoms with Crippen LogP contribution in [-0.2, 0) is 0 Å². The van der Waals surface area contributed by atoms with Crippen molar-refractivity contribution in [1.29, 1.82) is 0 Å². The molecule has 0 aliphatic rings. The quantitative estimate of drug-likeness (QED) is 0.839. The van der Waals surface area contributed by atoms with E-state index < -0.39 is 25.0 Å². The van der Waals surface area contributed by atoms with Crippen LogP contribution in [0.5, 0.6) is 0 Å². The van der Waals surface area contributed by atoms with Gasteiger partial charge in [0.15, 0.2) is 0 Å². The lowest BCUT2D eigenvalue weighted by atomic mass is 10.0. The number of hydrogen-bond donors (Lipinski definition) is 2. The third kappa shape index (κ3) is 6.32. The lowest BCUT2D eigenvalue weighted by molar-refractivity contribution is -0.132. The Kier molecular flexibility index (Phi) is 6.25. The molecule has 0 fully saturated rings. The van der Waals surface area contributed by atoms with Gasteiger partial charge in [0.2, 0.25) is 0 Å². The third-order valence-corrected chi connectivity index (χ3v) is 2.65. The first-order valence-electron chi connectivity index (χ1n) is 6.39. The summed E-state index contributed by atoms with van der Waals surface area (Å²) in [5.74, 6) is 4.94. The van der Waals surface area contributed by atoms with E-state index in [-0.39, 0.29) is 6.61 Å². The molecule has 0 radical (unpaired) electrons. The molecule has 1 rings (SSSR count). The fourth-order valence-corrected chi connectivity index (χ4v) is 1.58. The normalized spacial score (nSPS) is 10.7. The zero-order valence-corrected chi connectivity index (χ0v) is 11.5. The number of aryl methyl sites for hydroxylation is 1. The second kappa shape index (κ2) is 7.70. The summed E-state index contributed by atoms with van der Waals surface area (Å²) in [6, 6.07) is 4.93. The maximum absolute atomic E-state index is 12.0. The van der Waals surface area contributed by atoms with Crippen LogP contribution in [0.15, 0.2) is 18.2 Å². The second-order valence-corrected chi connectivity index (χ2v) is 4.43. The van der Waals surface area contributed by atoms with Crippen LogP contribution in [0, 0.1) is 18.8 Å². The highest BCUT2D eigenvalue weighted by molar-refractivity contribution is 5.96. The predicted octanol–water partition coefficient (Wildman–Crippen LogP) is 2.41. The van der Waals surface area contributed by atoms with Crippen molar-refractivity contribution in [3.8, 4) is 11.8 Å². The van der Waals surface area contributed by atoms with Crippen LogP contribution in [0.3, 0.4) is 0 Å². The van der Waals surface area contributed by atoms with Gasteiger partial charge < -0.3 is 10.4 Å². The molecule has 1 aromatic rings. The molecule has 0 aliphatic heterocycles. The van der Waals surface area contributed by atoms with Crippen LogP contribution in [-0.4, -0.2) is 30.3 Å². The lowest BCUT2D eigenvalue weighted by Crippen LogP contribution is -2.28. The summed E-state index contributed by atoms with van der Waals surface area (Å²) < 4.78 is 36.1. The first kappa shape index (κ1) is 17.1. The summed E-state index contributed by atoms with van der Waals surface area (Å²) in [7, 11) is 0. The van der Waals surface area contributed by atoms with E-state index in [0.29, 0.717) is 23.1 Å². The highest BCUT2D eigenvalue weighted by atomic mass is 19.4. The second-order valence-electron chi connectivity index (χ2n) is 4.43. The molecular weight excluding hydrogens is 283 g/mol. The monoisotopic (exact) mass is 299 g/mol. The Balaban J connectivity index is 2.75. The molecule has 1 amide bonds. The van der Waals surface area contributed by atoms with Gasteiger partial charge in [-0.15, -0.1) is 0 Å². The Morgan fingerprint density at radius 1 is 1.38 bits per heavy atom. The number of carbonyl (C=O) groups is 1. The van der Waals surface area contributed by atoms with Gasteiger partial charge in [0.25, 0.3) is 5.91 Å². The number of halogens is 3. The zero-order valence-electron chi connectivity index (χ0n) is 11.5. The van der Waals surface area contributed by atoms with Gasteiger partial charge in [0.05, 0.1) is 13.0 Å². The van der Waals surface area contributed by atoms with Gasteiger partial charge in [0.1, 0.15) is 0 Å². The molecule has 1 aromatic carbocycles. The zero-order chi connectivity index (χ0) is 15.9. The summed E-state index contributed by atoms with van der Waals surface area (Å²) in [5.41, 5.74) is 1.54. The van der Waals surface area contributed by atoms with Gasteiger partial charge >= 0.3 is 6.18 Å². The molecule has 0 aromatic heterocycles. The molecule has 0 aliphatic carbocycles. The van der Waals surface area contributed by atoms with E-state index in [1.165, 1.54) is 6.07 Å². The van der Waals surface area contributed by atoms with E-state index >= 15 is 0 Å². The van der Waals surface area contributed by atoms with Gasteiger partial charge in [-0.25, -0.2) is 0 Å². The van der Waals surface area contributed by atoms with Gasteiger partial charge in [0, 0.05) is 24.1 Å². The fourth-order valence-electron chi connectivity index (χ4n) is 1.58. The van der Waals surface area contributed by atoms with E-state index in [1.54, 1.807) is 19.1 Å². The standard InChI is InChI=1S/C15H16F3NO2/c1-11-5-6-12(4-2-3-9-20)10-13(11)14(21)19-8-7-15(16,17)18/h5-6,10,20H,3,7-9H2,1H3,(H,19,21). The van der Waals surface area contributed by atoms with Crippen LogP contribution in [0.4, 0.5) is 13.2 Å². The van der Waals surface area contributed by atoms with E-state index in [9.17, 15) is 18.0 Å². The SMILES string of the molecule is Cc1ccc(C#CCCO)cc1C(=O)NCCC(F)(F)F. The molecule has 0 bridgehead atoms. The topological polar surface area (TPSA) is 49.3 Å². The van der Waals surface area contributed by atoms with Crippen molar-refractivity contribution in [2.24, 2.45) is 0 Å². The molecule has 6 heteroatoms. The van der Waals surface area contributed by atoms with Crippen molar-refractivity contribution >= 4 is 5.91 Å². The van der Waals surface area contributed by atoms with Crippen molar-refractivity contribution < 1.29 is 23.1 Å². The molecule has 21 heavy (non-hydrogen) atoms. The van der Waals surface area contributed by atoms with Crippen molar-refractivity contribution in [2.75, 3.05) is 13.2 Å². The number of hydrogen-bond acceptors (Lipinski definition) is 2. The molecule has 0 heterocycles. The minimum Gasteiger partial charge on any atom is -0.395 e. The number of rotatable bonds is 4. The summed E-state index contributed by atoms with van der Waals surface area (Å²) >= 11 is 0. The van der Waals surface area contributed by atoms with Crippen LogP contribution in [0.25, 0.3) is 0 Å². The molecule has 3 nitrogen and oxygen atoms in total. The minimum absolute atomic E-state index is 0.0519. The average molecular weight is 299 g/mol. The highest BCUT2D eigenvalue weighted by Crippen LogP contribution is 2.18. The van der Waals surface area contributed by atoms with E-state index in [1.807, 2.05) is 0 Å². The number of amides is 1. The van der Waals surface area contributed by atoms with Crippen LogP contribution in [0.1, 0.15) is 34.3 Å². The molecular formula is C15H16F3NO2.